The van der Waals surface area contributed by atoms with Crippen molar-refractivity contribution in [2.75, 3.05) is 26.2 Å². The van der Waals surface area contributed by atoms with Gasteiger partial charge in [-0.25, -0.2) is 0 Å². The van der Waals surface area contributed by atoms with Crippen molar-refractivity contribution in [1.82, 2.24) is 10.2 Å². The van der Waals surface area contributed by atoms with Crippen molar-refractivity contribution in [3.8, 4) is 11.5 Å². The minimum atomic E-state index is 0. The average Bonchev–Trinajstić information content (AvgIpc) is 2.63. The molecule has 0 saturated carbocycles. The number of carbonyl (C=O) groups is 2. The van der Waals surface area contributed by atoms with Gasteiger partial charge in [0.1, 0.15) is 11.5 Å². The summed E-state index contributed by atoms with van der Waals surface area (Å²) >= 11 is 0. The van der Waals surface area contributed by atoms with Crippen LogP contribution in [0.1, 0.15) is 27.6 Å². The zero-order chi connectivity index (χ0) is 16.9. The first-order chi connectivity index (χ1) is 11.6. The van der Waals surface area contributed by atoms with Crippen molar-refractivity contribution in [3.05, 3.63) is 59.7 Å². The maximum absolute atomic E-state index is 12.4. The van der Waals surface area contributed by atoms with Gasteiger partial charge in [-0.1, -0.05) is 0 Å². The lowest BCUT2D eigenvalue weighted by Crippen LogP contribution is -2.46. The lowest BCUT2D eigenvalue weighted by atomic mass is 10.1. The maximum atomic E-state index is 12.4. The van der Waals surface area contributed by atoms with E-state index >= 15 is 0 Å². The number of ether oxygens (including phenoxy) is 1. The topological polar surface area (TPSA) is 58.6 Å². The largest absolute Gasteiger partial charge is 0.457 e. The second-order valence-electron chi connectivity index (χ2n) is 5.75. The van der Waals surface area contributed by atoms with E-state index in [0.717, 1.165) is 26.2 Å². The summed E-state index contributed by atoms with van der Waals surface area (Å²) in [7, 11) is 0. The van der Waals surface area contributed by atoms with Crippen LogP contribution in [-0.4, -0.2) is 42.8 Å². The number of hydrogen-bond donors (Lipinski definition) is 1. The van der Waals surface area contributed by atoms with Gasteiger partial charge in [-0.05, 0) is 55.5 Å². The molecule has 1 N–H and O–H groups in total. The van der Waals surface area contributed by atoms with Crippen LogP contribution in [0.3, 0.4) is 0 Å². The van der Waals surface area contributed by atoms with Crippen LogP contribution in [0.2, 0.25) is 0 Å². The van der Waals surface area contributed by atoms with Gasteiger partial charge in [0.15, 0.2) is 5.78 Å². The Morgan fingerprint density at radius 2 is 1.36 bits per heavy atom. The van der Waals surface area contributed by atoms with Crippen LogP contribution < -0.4 is 10.1 Å². The van der Waals surface area contributed by atoms with Crippen LogP contribution in [0.4, 0.5) is 0 Å². The number of ketones is 1. The van der Waals surface area contributed by atoms with Crippen molar-refractivity contribution in [2.24, 2.45) is 0 Å². The first kappa shape index (κ1) is 19.0. The highest BCUT2D eigenvalue weighted by Crippen LogP contribution is 2.22. The second-order valence-corrected chi connectivity index (χ2v) is 5.75. The second kappa shape index (κ2) is 8.65. The van der Waals surface area contributed by atoms with Gasteiger partial charge < -0.3 is 15.0 Å². The number of amides is 1. The Hall–Kier alpha value is -2.37. The molecule has 6 heteroatoms. The lowest BCUT2D eigenvalue weighted by Gasteiger charge is -2.27. The molecule has 0 spiro atoms. The average molecular weight is 361 g/mol. The molecule has 1 amide bonds. The van der Waals surface area contributed by atoms with Gasteiger partial charge in [0, 0.05) is 37.3 Å². The Balaban J connectivity index is 0.00000225. The molecule has 1 aliphatic rings. The third kappa shape index (κ3) is 4.81. The summed E-state index contributed by atoms with van der Waals surface area (Å²) in [6.45, 7) is 4.68. The Morgan fingerprint density at radius 3 is 1.84 bits per heavy atom. The molecule has 0 aliphatic carbocycles. The molecule has 0 radical (unpaired) electrons. The summed E-state index contributed by atoms with van der Waals surface area (Å²) in [4.78, 5) is 25.5. The molecule has 2 aromatic carbocycles. The van der Waals surface area contributed by atoms with Gasteiger partial charge in [0.05, 0.1) is 0 Å². The third-order valence-electron chi connectivity index (χ3n) is 4.00. The number of rotatable bonds is 4. The molecular weight excluding hydrogens is 340 g/mol. The zero-order valence-corrected chi connectivity index (χ0v) is 14.8. The number of piperazine rings is 1. The molecule has 1 aliphatic heterocycles. The normalized spacial score (nSPS) is 13.7. The number of halogens is 1. The smallest absolute Gasteiger partial charge is 0.253 e. The van der Waals surface area contributed by atoms with E-state index in [1.165, 1.54) is 6.92 Å². The molecule has 2 aromatic rings. The highest BCUT2D eigenvalue weighted by Gasteiger charge is 2.17. The highest BCUT2D eigenvalue weighted by molar-refractivity contribution is 5.94. The van der Waals surface area contributed by atoms with Crippen molar-refractivity contribution in [2.45, 2.75) is 6.92 Å². The van der Waals surface area contributed by atoms with E-state index in [-0.39, 0.29) is 24.1 Å². The van der Waals surface area contributed by atoms with Crippen molar-refractivity contribution < 1.29 is 14.3 Å². The Bertz CT molecular complexity index is 723. The van der Waals surface area contributed by atoms with Gasteiger partial charge in [0.25, 0.3) is 5.91 Å². The first-order valence-electron chi connectivity index (χ1n) is 8.02. The van der Waals surface area contributed by atoms with Crippen molar-refractivity contribution >= 4 is 24.1 Å². The van der Waals surface area contributed by atoms with Crippen molar-refractivity contribution in [3.63, 3.8) is 0 Å². The molecule has 0 aromatic heterocycles. The monoisotopic (exact) mass is 360 g/mol. The molecular formula is C19H21ClN2O3. The molecule has 25 heavy (non-hydrogen) atoms. The number of hydrogen-bond acceptors (Lipinski definition) is 4. The van der Waals surface area contributed by atoms with Crippen LogP contribution in [0.15, 0.2) is 48.5 Å². The van der Waals surface area contributed by atoms with Crippen LogP contribution >= 0.6 is 12.4 Å². The summed E-state index contributed by atoms with van der Waals surface area (Å²) < 4.78 is 5.75. The summed E-state index contributed by atoms with van der Waals surface area (Å²) in [5, 5.41) is 3.23. The minimum absolute atomic E-state index is 0. The number of carbonyl (C=O) groups excluding carboxylic acids is 2. The predicted molar refractivity (Wildman–Crippen MR) is 99.0 cm³/mol. The molecule has 1 saturated heterocycles. The minimum Gasteiger partial charge on any atom is -0.457 e. The van der Waals surface area contributed by atoms with Gasteiger partial charge in [-0.15, -0.1) is 12.4 Å². The fourth-order valence-corrected chi connectivity index (χ4v) is 2.61. The number of Topliss-reactive ketones (excluding diaryl/α,β-unsaturated/α-hetero) is 1. The maximum Gasteiger partial charge on any atom is 0.253 e. The van der Waals surface area contributed by atoms with Crippen LogP contribution in [-0.2, 0) is 0 Å². The number of nitrogens with one attached hydrogen (secondary N) is 1. The fourth-order valence-electron chi connectivity index (χ4n) is 2.61. The molecule has 3 rings (SSSR count). The van der Waals surface area contributed by atoms with E-state index in [9.17, 15) is 9.59 Å². The lowest BCUT2D eigenvalue weighted by molar-refractivity contribution is 0.0735. The van der Waals surface area contributed by atoms with E-state index < -0.39 is 0 Å². The van der Waals surface area contributed by atoms with E-state index in [2.05, 4.69) is 5.32 Å². The quantitative estimate of drug-likeness (QED) is 0.851. The zero-order valence-electron chi connectivity index (χ0n) is 14.0. The first-order valence-corrected chi connectivity index (χ1v) is 8.02. The van der Waals surface area contributed by atoms with Crippen LogP contribution in [0.25, 0.3) is 0 Å². The Morgan fingerprint density at radius 1 is 0.880 bits per heavy atom. The summed E-state index contributed by atoms with van der Waals surface area (Å²) in [5.74, 6) is 1.38. The van der Waals surface area contributed by atoms with Gasteiger partial charge in [-0.3, -0.25) is 9.59 Å². The van der Waals surface area contributed by atoms with Gasteiger partial charge >= 0.3 is 0 Å². The molecule has 132 valence electrons. The summed E-state index contributed by atoms with van der Waals surface area (Å²) in [6.07, 6.45) is 0. The third-order valence-corrected chi connectivity index (χ3v) is 4.00. The molecule has 0 unspecified atom stereocenters. The van der Waals surface area contributed by atoms with E-state index in [4.69, 9.17) is 4.74 Å². The molecule has 5 nitrogen and oxygen atoms in total. The molecule has 0 atom stereocenters. The summed E-state index contributed by atoms with van der Waals surface area (Å²) in [5.41, 5.74) is 1.32. The Labute approximate surface area is 153 Å². The van der Waals surface area contributed by atoms with Crippen LogP contribution in [0, 0.1) is 0 Å². The van der Waals surface area contributed by atoms with Gasteiger partial charge in [-0.2, -0.15) is 0 Å². The number of nitrogens with zero attached hydrogens (tertiary/aromatic N) is 1. The fraction of sp³-hybridized carbons (Fsp3) is 0.263. The number of benzene rings is 2. The Kier molecular flexibility index (Phi) is 6.56. The predicted octanol–water partition coefficient (Wildman–Crippen LogP) is 3.15. The van der Waals surface area contributed by atoms with E-state index in [1.54, 1.807) is 48.5 Å². The molecule has 1 fully saturated rings. The standard InChI is InChI=1S/C19H20N2O3.ClH/c1-14(22)15-2-6-17(7-3-15)24-18-8-4-16(5-9-18)19(23)21-12-10-20-11-13-21;/h2-9,20H,10-13H2,1H3;1H. The van der Waals surface area contributed by atoms with Crippen LogP contribution in [0.5, 0.6) is 11.5 Å². The molecule has 1 heterocycles. The summed E-state index contributed by atoms with van der Waals surface area (Å²) in [6, 6.07) is 14.1. The van der Waals surface area contributed by atoms with E-state index in [0.29, 0.717) is 22.6 Å². The van der Waals surface area contributed by atoms with Crippen molar-refractivity contribution in [1.29, 1.82) is 0 Å². The molecule has 0 bridgehead atoms. The highest BCUT2D eigenvalue weighted by atomic mass is 35.5. The SMILES string of the molecule is CC(=O)c1ccc(Oc2ccc(C(=O)N3CCNCC3)cc2)cc1.Cl. The van der Waals surface area contributed by atoms with Gasteiger partial charge in [0.2, 0.25) is 0 Å². The van der Waals surface area contributed by atoms with E-state index in [1.807, 2.05) is 4.90 Å².